The molecule has 1 aliphatic heterocycles. The summed E-state index contributed by atoms with van der Waals surface area (Å²) in [7, 11) is 0. The molecule has 0 aliphatic carbocycles. The molecular formula is C17H32N4. The zero-order chi connectivity index (χ0) is 15.3. The normalized spacial score (nSPS) is 19.4. The van der Waals surface area contributed by atoms with Crippen molar-refractivity contribution in [3.05, 3.63) is 18.2 Å². The average Bonchev–Trinajstić information content (AvgIpc) is 2.73. The van der Waals surface area contributed by atoms with Gasteiger partial charge >= 0.3 is 0 Å². The van der Waals surface area contributed by atoms with E-state index in [-0.39, 0.29) is 11.6 Å². The number of hydrogen-bond acceptors (Lipinski definition) is 3. The van der Waals surface area contributed by atoms with Gasteiger partial charge in [0.15, 0.2) is 0 Å². The number of aryl methyl sites for hydroxylation is 1. The van der Waals surface area contributed by atoms with Crippen LogP contribution >= 0.6 is 0 Å². The van der Waals surface area contributed by atoms with Gasteiger partial charge in [0.1, 0.15) is 5.82 Å². The summed E-state index contributed by atoms with van der Waals surface area (Å²) in [5.74, 6) is 1.13. The fraction of sp³-hybridized carbons (Fsp3) is 0.824. The lowest BCUT2D eigenvalue weighted by Crippen LogP contribution is -2.57. The maximum absolute atomic E-state index is 6.59. The van der Waals surface area contributed by atoms with Gasteiger partial charge in [0.05, 0.1) is 0 Å². The SMILES string of the molecule is CCCn1ccnc1CC(N)C(C)(C)N1CCCCCC1. The smallest absolute Gasteiger partial charge is 0.110 e. The predicted molar refractivity (Wildman–Crippen MR) is 88.3 cm³/mol. The molecule has 1 atom stereocenters. The fourth-order valence-corrected chi connectivity index (χ4v) is 3.30. The Morgan fingerprint density at radius 2 is 1.90 bits per heavy atom. The Labute approximate surface area is 129 Å². The Morgan fingerprint density at radius 3 is 2.52 bits per heavy atom. The van der Waals surface area contributed by atoms with Crippen molar-refractivity contribution in [2.24, 2.45) is 5.73 Å². The molecule has 0 amide bonds. The van der Waals surface area contributed by atoms with Crippen LogP contribution in [0, 0.1) is 0 Å². The molecule has 2 heterocycles. The third kappa shape index (κ3) is 4.07. The molecular weight excluding hydrogens is 260 g/mol. The van der Waals surface area contributed by atoms with Crippen molar-refractivity contribution < 1.29 is 0 Å². The van der Waals surface area contributed by atoms with Crippen molar-refractivity contribution in [2.45, 2.75) is 77.4 Å². The summed E-state index contributed by atoms with van der Waals surface area (Å²) in [6.45, 7) is 10.2. The molecule has 1 unspecified atom stereocenters. The minimum Gasteiger partial charge on any atom is -0.335 e. The van der Waals surface area contributed by atoms with Gasteiger partial charge in [-0.1, -0.05) is 19.8 Å². The van der Waals surface area contributed by atoms with Gasteiger partial charge < -0.3 is 10.3 Å². The molecule has 4 nitrogen and oxygen atoms in total. The molecule has 0 radical (unpaired) electrons. The first-order valence-electron chi connectivity index (χ1n) is 8.56. The van der Waals surface area contributed by atoms with Gasteiger partial charge in [0, 0.05) is 36.9 Å². The molecule has 2 rings (SSSR count). The van der Waals surface area contributed by atoms with Crippen LogP contribution in [0.25, 0.3) is 0 Å². The van der Waals surface area contributed by atoms with Crippen LogP contribution in [-0.4, -0.2) is 39.1 Å². The van der Waals surface area contributed by atoms with Crippen LogP contribution < -0.4 is 5.73 Å². The summed E-state index contributed by atoms with van der Waals surface area (Å²) in [6.07, 6.45) is 11.3. The maximum atomic E-state index is 6.59. The van der Waals surface area contributed by atoms with E-state index in [2.05, 4.69) is 41.4 Å². The van der Waals surface area contributed by atoms with Gasteiger partial charge in [-0.15, -0.1) is 0 Å². The molecule has 2 N–H and O–H groups in total. The topological polar surface area (TPSA) is 47.1 Å². The first-order valence-corrected chi connectivity index (χ1v) is 8.56. The number of likely N-dealkylation sites (tertiary alicyclic amines) is 1. The Kier molecular flexibility index (Phi) is 5.82. The molecule has 120 valence electrons. The number of imidazole rings is 1. The molecule has 21 heavy (non-hydrogen) atoms. The predicted octanol–water partition coefficient (Wildman–Crippen LogP) is 2.82. The minimum absolute atomic E-state index is 0.0351. The quantitative estimate of drug-likeness (QED) is 0.877. The van der Waals surface area contributed by atoms with E-state index < -0.39 is 0 Å². The third-order valence-electron chi connectivity index (χ3n) is 5.00. The highest BCUT2D eigenvalue weighted by atomic mass is 15.2. The zero-order valence-corrected chi connectivity index (χ0v) is 14.0. The standard InChI is InChI=1S/C17H32N4/c1-4-10-20-13-9-19-16(20)14-15(18)17(2,3)21-11-7-5-6-8-12-21/h9,13,15H,4-8,10-12,14,18H2,1-3H3. The lowest BCUT2D eigenvalue weighted by Gasteiger charge is -2.42. The van der Waals surface area contributed by atoms with E-state index >= 15 is 0 Å². The summed E-state index contributed by atoms with van der Waals surface area (Å²) >= 11 is 0. The number of nitrogens with two attached hydrogens (primary N) is 1. The highest BCUT2D eigenvalue weighted by Gasteiger charge is 2.34. The second-order valence-electron chi connectivity index (χ2n) is 6.90. The lowest BCUT2D eigenvalue weighted by molar-refractivity contribution is 0.0969. The van der Waals surface area contributed by atoms with Gasteiger partial charge in [-0.2, -0.15) is 0 Å². The van der Waals surface area contributed by atoms with E-state index in [0.29, 0.717) is 0 Å². The van der Waals surface area contributed by atoms with Gasteiger partial charge in [0.2, 0.25) is 0 Å². The lowest BCUT2D eigenvalue weighted by atomic mass is 9.90. The van der Waals surface area contributed by atoms with Crippen LogP contribution in [0.2, 0.25) is 0 Å². The highest BCUT2D eigenvalue weighted by molar-refractivity contribution is 5.01. The Morgan fingerprint density at radius 1 is 1.24 bits per heavy atom. The van der Waals surface area contributed by atoms with Crippen LogP contribution in [0.1, 0.15) is 58.7 Å². The largest absolute Gasteiger partial charge is 0.335 e. The molecule has 0 aromatic carbocycles. The molecule has 1 fully saturated rings. The Hall–Kier alpha value is -0.870. The zero-order valence-electron chi connectivity index (χ0n) is 14.0. The van der Waals surface area contributed by atoms with Gasteiger partial charge in [0.25, 0.3) is 0 Å². The minimum atomic E-state index is 0.0351. The van der Waals surface area contributed by atoms with E-state index in [1.807, 2.05) is 6.20 Å². The van der Waals surface area contributed by atoms with E-state index in [1.54, 1.807) is 0 Å². The third-order valence-corrected chi connectivity index (χ3v) is 5.00. The summed E-state index contributed by atoms with van der Waals surface area (Å²) in [5, 5.41) is 0. The van der Waals surface area contributed by atoms with E-state index in [4.69, 9.17) is 5.73 Å². The van der Waals surface area contributed by atoms with Gasteiger partial charge in [-0.25, -0.2) is 4.98 Å². The second-order valence-corrected chi connectivity index (χ2v) is 6.90. The van der Waals surface area contributed by atoms with E-state index in [9.17, 15) is 0 Å². The molecule has 1 aliphatic rings. The fourth-order valence-electron chi connectivity index (χ4n) is 3.30. The molecule has 1 aromatic heterocycles. The average molecular weight is 292 g/mol. The molecule has 0 saturated carbocycles. The number of hydrogen-bond donors (Lipinski definition) is 1. The second kappa shape index (κ2) is 7.41. The van der Waals surface area contributed by atoms with E-state index in [0.717, 1.165) is 25.2 Å². The van der Waals surface area contributed by atoms with Crippen LogP contribution in [0.4, 0.5) is 0 Å². The molecule has 4 heteroatoms. The first kappa shape index (κ1) is 16.5. The molecule has 1 saturated heterocycles. The molecule has 0 bridgehead atoms. The monoisotopic (exact) mass is 292 g/mol. The van der Waals surface area contributed by atoms with Gasteiger partial charge in [-0.3, -0.25) is 4.90 Å². The Bertz CT molecular complexity index is 416. The van der Waals surface area contributed by atoms with Crippen LogP contribution in [0.5, 0.6) is 0 Å². The number of aromatic nitrogens is 2. The van der Waals surface area contributed by atoms with Crippen molar-refractivity contribution in [3.8, 4) is 0 Å². The summed E-state index contributed by atoms with van der Waals surface area (Å²) < 4.78 is 2.25. The Balaban J connectivity index is 2.02. The summed E-state index contributed by atoms with van der Waals surface area (Å²) in [6, 6.07) is 0.119. The van der Waals surface area contributed by atoms with Crippen molar-refractivity contribution in [2.75, 3.05) is 13.1 Å². The summed E-state index contributed by atoms with van der Waals surface area (Å²) in [5.41, 5.74) is 6.63. The first-order chi connectivity index (χ1) is 10.1. The van der Waals surface area contributed by atoms with Crippen LogP contribution in [0.3, 0.4) is 0 Å². The van der Waals surface area contributed by atoms with Crippen molar-refractivity contribution >= 4 is 0 Å². The van der Waals surface area contributed by atoms with Gasteiger partial charge in [-0.05, 0) is 46.2 Å². The summed E-state index contributed by atoms with van der Waals surface area (Å²) in [4.78, 5) is 7.11. The van der Waals surface area contributed by atoms with Crippen molar-refractivity contribution in [1.29, 1.82) is 0 Å². The van der Waals surface area contributed by atoms with Crippen molar-refractivity contribution in [1.82, 2.24) is 14.5 Å². The molecule has 1 aromatic rings. The van der Waals surface area contributed by atoms with Crippen LogP contribution in [-0.2, 0) is 13.0 Å². The highest BCUT2D eigenvalue weighted by Crippen LogP contribution is 2.24. The van der Waals surface area contributed by atoms with Crippen molar-refractivity contribution in [3.63, 3.8) is 0 Å². The van der Waals surface area contributed by atoms with Crippen LogP contribution in [0.15, 0.2) is 12.4 Å². The molecule has 0 spiro atoms. The number of rotatable bonds is 6. The van der Waals surface area contributed by atoms with E-state index in [1.165, 1.54) is 38.8 Å². The maximum Gasteiger partial charge on any atom is 0.110 e. The number of nitrogens with zero attached hydrogens (tertiary/aromatic N) is 3.